The summed E-state index contributed by atoms with van der Waals surface area (Å²) in [6.45, 7) is 3.95. The molecule has 0 aromatic carbocycles. The number of carboxylic acids is 1. The molecule has 0 aliphatic heterocycles. The Morgan fingerprint density at radius 1 is 1.61 bits per heavy atom. The molecule has 0 aliphatic rings. The summed E-state index contributed by atoms with van der Waals surface area (Å²) in [4.78, 5) is 15.1. The van der Waals surface area contributed by atoms with Crippen LogP contribution in [0.2, 0.25) is 0 Å². The van der Waals surface area contributed by atoms with Crippen LogP contribution < -0.4 is 5.32 Å². The molecule has 1 aromatic heterocycles. The van der Waals surface area contributed by atoms with Crippen LogP contribution >= 0.6 is 15.9 Å². The third kappa shape index (κ3) is 4.27. The lowest BCUT2D eigenvalue weighted by Crippen LogP contribution is -2.33. The van der Waals surface area contributed by atoms with Gasteiger partial charge >= 0.3 is 5.97 Å². The second-order valence-electron chi connectivity index (χ2n) is 4.46. The molecule has 0 saturated heterocycles. The second kappa shape index (κ2) is 6.15. The standard InChI is InChI=1S/C12H17BrN2O3/c1-3-4-12(2,18)7-15-10-9(11(16)17)5-8(13)6-14-10/h5-6,18H,3-4,7H2,1-2H3,(H,14,15)(H,16,17). The molecule has 3 N–H and O–H groups in total. The predicted molar refractivity (Wildman–Crippen MR) is 72.9 cm³/mol. The van der Waals surface area contributed by atoms with Gasteiger partial charge in [0, 0.05) is 17.2 Å². The molecule has 1 rings (SSSR count). The van der Waals surface area contributed by atoms with Crippen LogP contribution in [0.4, 0.5) is 5.82 Å². The highest BCUT2D eigenvalue weighted by Gasteiger charge is 2.20. The van der Waals surface area contributed by atoms with E-state index in [1.54, 1.807) is 6.92 Å². The highest BCUT2D eigenvalue weighted by atomic mass is 79.9. The molecule has 1 aromatic rings. The van der Waals surface area contributed by atoms with E-state index in [4.69, 9.17) is 5.11 Å². The average molecular weight is 317 g/mol. The number of aromatic carboxylic acids is 1. The number of halogens is 1. The van der Waals surface area contributed by atoms with Gasteiger partial charge in [-0.05, 0) is 35.3 Å². The van der Waals surface area contributed by atoms with Gasteiger partial charge in [0.05, 0.1) is 5.60 Å². The smallest absolute Gasteiger partial charge is 0.339 e. The molecule has 0 radical (unpaired) electrons. The number of pyridine rings is 1. The molecular formula is C12H17BrN2O3. The fourth-order valence-electron chi connectivity index (χ4n) is 1.64. The number of nitrogens with one attached hydrogen (secondary N) is 1. The zero-order valence-electron chi connectivity index (χ0n) is 10.4. The van der Waals surface area contributed by atoms with E-state index < -0.39 is 11.6 Å². The topological polar surface area (TPSA) is 82.5 Å². The molecule has 0 aliphatic carbocycles. The summed E-state index contributed by atoms with van der Waals surface area (Å²) >= 11 is 3.18. The van der Waals surface area contributed by atoms with Crippen LogP contribution in [0, 0.1) is 0 Å². The zero-order chi connectivity index (χ0) is 13.8. The number of anilines is 1. The lowest BCUT2D eigenvalue weighted by molar-refractivity contribution is 0.0629. The van der Waals surface area contributed by atoms with Crippen molar-refractivity contribution in [1.29, 1.82) is 0 Å². The molecule has 1 unspecified atom stereocenters. The Balaban J connectivity index is 2.82. The van der Waals surface area contributed by atoms with Gasteiger partial charge in [0.1, 0.15) is 11.4 Å². The maximum absolute atomic E-state index is 11.1. The molecular weight excluding hydrogens is 300 g/mol. The Morgan fingerprint density at radius 3 is 2.83 bits per heavy atom. The Kier molecular flexibility index (Phi) is 5.10. The maximum Gasteiger partial charge on any atom is 0.339 e. The van der Waals surface area contributed by atoms with Crippen molar-refractivity contribution in [2.24, 2.45) is 0 Å². The fourth-order valence-corrected chi connectivity index (χ4v) is 1.98. The van der Waals surface area contributed by atoms with Crippen LogP contribution in [0.1, 0.15) is 37.0 Å². The molecule has 0 fully saturated rings. The molecule has 0 saturated carbocycles. The van der Waals surface area contributed by atoms with Gasteiger partial charge in [0.25, 0.3) is 0 Å². The highest BCUT2D eigenvalue weighted by molar-refractivity contribution is 9.10. The number of aromatic nitrogens is 1. The molecule has 100 valence electrons. The third-order valence-electron chi connectivity index (χ3n) is 2.51. The minimum absolute atomic E-state index is 0.0803. The number of carboxylic acid groups (broad SMARTS) is 1. The van der Waals surface area contributed by atoms with Gasteiger partial charge in [-0.3, -0.25) is 0 Å². The van der Waals surface area contributed by atoms with Crippen LogP contribution in [-0.2, 0) is 0 Å². The first-order valence-electron chi connectivity index (χ1n) is 5.71. The van der Waals surface area contributed by atoms with Crippen molar-refractivity contribution in [3.63, 3.8) is 0 Å². The van der Waals surface area contributed by atoms with Crippen LogP contribution in [0.5, 0.6) is 0 Å². The van der Waals surface area contributed by atoms with Crippen LogP contribution in [0.15, 0.2) is 16.7 Å². The summed E-state index contributed by atoms with van der Waals surface area (Å²) in [6, 6.07) is 1.48. The van der Waals surface area contributed by atoms with Crippen LogP contribution in [-0.4, -0.2) is 33.3 Å². The van der Waals surface area contributed by atoms with E-state index in [2.05, 4.69) is 26.2 Å². The number of aliphatic hydroxyl groups is 1. The molecule has 18 heavy (non-hydrogen) atoms. The summed E-state index contributed by atoms with van der Waals surface area (Å²) in [5.41, 5.74) is -0.795. The Bertz CT molecular complexity index is 435. The molecule has 0 amide bonds. The maximum atomic E-state index is 11.1. The Labute approximate surface area is 114 Å². The number of rotatable bonds is 6. The molecule has 5 nitrogen and oxygen atoms in total. The Hall–Kier alpha value is -1.14. The van der Waals surface area contributed by atoms with Crippen molar-refractivity contribution in [2.75, 3.05) is 11.9 Å². The van der Waals surface area contributed by atoms with Crippen molar-refractivity contribution in [2.45, 2.75) is 32.3 Å². The monoisotopic (exact) mass is 316 g/mol. The molecule has 1 atom stereocenters. The van der Waals surface area contributed by atoms with Crippen molar-refractivity contribution in [1.82, 2.24) is 4.98 Å². The number of hydrogen-bond acceptors (Lipinski definition) is 4. The Morgan fingerprint density at radius 2 is 2.28 bits per heavy atom. The van der Waals surface area contributed by atoms with Crippen molar-refractivity contribution >= 4 is 27.7 Å². The fraction of sp³-hybridized carbons (Fsp3) is 0.500. The van der Waals surface area contributed by atoms with Crippen molar-refractivity contribution in [3.8, 4) is 0 Å². The average Bonchev–Trinajstić information content (AvgIpc) is 2.27. The first-order chi connectivity index (χ1) is 8.35. The predicted octanol–water partition coefficient (Wildman–Crippen LogP) is 2.51. The first-order valence-corrected chi connectivity index (χ1v) is 6.50. The van der Waals surface area contributed by atoms with Gasteiger partial charge in [-0.2, -0.15) is 0 Å². The third-order valence-corrected chi connectivity index (χ3v) is 2.94. The van der Waals surface area contributed by atoms with E-state index in [1.807, 2.05) is 6.92 Å². The van der Waals surface area contributed by atoms with Crippen molar-refractivity contribution < 1.29 is 15.0 Å². The summed E-state index contributed by atoms with van der Waals surface area (Å²) in [7, 11) is 0. The SMILES string of the molecule is CCCC(C)(O)CNc1ncc(Br)cc1C(=O)O. The zero-order valence-corrected chi connectivity index (χ0v) is 12.0. The van der Waals surface area contributed by atoms with E-state index in [0.29, 0.717) is 10.9 Å². The second-order valence-corrected chi connectivity index (χ2v) is 5.37. The van der Waals surface area contributed by atoms with Crippen molar-refractivity contribution in [3.05, 3.63) is 22.3 Å². The highest BCUT2D eigenvalue weighted by Crippen LogP contribution is 2.19. The van der Waals surface area contributed by atoms with Gasteiger partial charge in [-0.25, -0.2) is 9.78 Å². The largest absolute Gasteiger partial charge is 0.478 e. The van der Waals surface area contributed by atoms with E-state index in [1.165, 1.54) is 12.3 Å². The van der Waals surface area contributed by atoms with Gasteiger partial charge in [-0.1, -0.05) is 13.3 Å². The van der Waals surface area contributed by atoms with Gasteiger partial charge in [0.15, 0.2) is 0 Å². The van der Waals surface area contributed by atoms with E-state index >= 15 is 0 Å². The minimum atomic E-state index is -1.05. The lowest BCUT2D eigenvalue weighted by Gasteiger charge is -2.23. The summed E-state index contributed by atoms with van der Waals surface area (Å²) in [5, 5.41) is 22.0. The molecule has 0 bridgehead atoms. The van der Waals surface area contributed by atoms with Gasteiger partial charge in [-0.15, -0.1) is 0 Å². The number of carbonyl (C=O) groups is 1. The molecule has 6 heteroatoms. The molecule has 1 heterocycles. The molecule has 0 spiro atoms. The van der Waals surface area contributed by atoms with E-state index in [9.17, 15) is 9.90 Å². The summed E-state index contributed by atoms with van der Waals surface area (Å²) < 4.78 is 0.603. The normalized spacial score (nSPS) is 14.0. The quantitative estimate of drug-likeness (QED) is 0.751. The van der Waals surface area contributed by atoms with Gasteiger partial charge in [0.2, 0.25) is 0 Å². The van der Waals surface area contributed by atoms with E-state index in [0.717, 1.165) is 6.42 Å². The van der Waals surface area contributed by atoms with Crippen LogP contribution in [0.25, 0.3) is 0 Å². The van der Waals surface area contributed by atoms with Gasteiger partial charge < -0.3 is 15.5 Å². The lowest BCUT2D eigenvalue weighted by atomic mass is 10.0. The first kappa shape index (κ1) is 14.9. The van der Waals surface area contributed by atoms with E-state index in [-0.39, 0.29) is 17.9 Å². The summed E-state index contributed by atoms with van der Waals surface area (Å²) in [6.07, 6.45) is 3.01. The number of hydrogen-bond donors (Lipinski definition) is 3. The number of nitrogens with zero attached hydrogens (tertiary/aromatic N) is 1. The van der Waals surface area contributed by atoms with Crippen LogP contribution in [0.3, 0.4) is 0 Å². The summed E-state index contributed by atoms with van der Waals surface area (Å²) in [5.74, 6) is -0.788. The minimum Gasteiger partial charge on any atom is -0.478 e.